The third kappa shape index (κ3) is 4.47. The van der Waals surface area contributed by atoms with Crippen molar-refractivity contribution in [2.75, 3.05) is 17.3 Å². The molecule has 1 amide bonds. The number of benzene rings is 2. The lowest BCUT2D eigenvalue weighted by molar-refractivity contribution is -0.384. The molecule has 1 N–H and O–H groups in total. The largest absolute Gasteiger partial charge is 0.456 e. The molecule has 0 aliphatic rings. The number of nitro groups is 1. The summed E-state index contributed by atoms with van der Waals surface area (Å²) in [6.45, 7) is 0. The van der Waals surface area contributed by atoms with Crippen LogP contribution >= 0.6 is 11.8 Å². The number of carbonyl (C=O) groups is 1. The number of hydrogen-bond donors (Lipinski definition) is 1. The van der Waals surface area contributed by atoms with E-state index in [0.717, 1.165) is 6.07 Å². The van der Waals surface area contributed by atoms with Gasteiger partial charge in [0.05, 0.1) is 10.7 Å². The van der Waals surface area contributed by atoms with Gasteiger partial charge in [-0.1, -0.05) is 0 Å². The summed E-state index contributed by atoms with van der Waals surface area (Å²) in [6, 6.07) is 12.3. The molecule has 0 unspecified atom stereocenters. The summed E-state index contributed by atoms with van der Waals surface area (Å²) in [4.78, 5) is 21.7. The molecule has 0 spiro atoms. The van der Waals surface area contributed by atoms with E-state index in [9.17, 15) is 14.9 Å². The molecular formula is C16H13N3O4S. The summed E-state index contributed by atoms with van der Waals surface area (Å²) in [5.74, 6) is 0.941. The van der Waals surface area contributed by atoms with Crippen LogP contribution in [-0.4, -0.2) is 22.8 Å². The van der Waals surface area contributed by atoms with Crippen molar-refractivity contribution in [2.24, 2.45) is 0 Å². The van der Waals surface area contributed by atoms with Gasteiger partial charge < -0.3 is 10.1 Å². The summed E-state index contributed by atoms with van der Waals surface area (Å²) in [6.07, 6.45) is 1.84. The summed E-state index contributed by atoms with van der Waals surface area (Å²) in [7, 11) is 0. The smallest absolute Gasteiger partial charge is 0.271 e. The van der Waals surface area contributed by atoms with E-state index in [1.54, 1.807) is 24.3 Å². The van der Waals surface area contributed by atoms with Crippen LogP contribution in [-0.2, 0) is 4.79 Å². The Morgan fingerprint density at radius 1 is 1.33 bits per heavy atom. The maximum Gasteiger partial charge on any atom is 0.271 e. The Bertz CT molecular complexity index is 800. The van der Waals surface area contributed by atoms with Crippen LogP contribution < -0.4 is 10.1 Å². The molecule has 0 fully saturated rings. The van der Waals surface area contributed by atoms with Gasteiger partial charge in [0.25, 0.3) is 5.69 Å². The predicted molar refractivity (Wildman–Crippen MR) is 91.3 cm³/mol. The van der Waals surface area contributed by atoms with Crippen LogP contribution in [0.2, 0.25) is 0 Å². The van der Waals surface area contributed by atoms with Crippen LogP contribution in [0.5, 0.6) is 11.5 Å². The van der Waals surface area contributed by atoms with Crippen molar-refractivity contribution in [3.8, 4) is 17.6 Å². The molecule has 0 atom stereocenters. The van der Waals surface area contributed by atoms with Crippen LogP contribution in [0.1, 0.15) is 5.56 Å². The first kappa shape index (κ1) is 17.3. The maximum atomic E-state index is 11.5. The van der Waals surface area contributed by atoms with Crippen molar-refractivity contribution >= 4 is 29.0 Å². The third-order valence-corrected chi connectivity index (χ3v) is 3.49. The fraction of sp³-hybridized carbons (Fsp3) is 0.125. The monoisotopic (exact) mass is 343 g/mol. The number of non-ortho nitro benzene ring substituents is 1. The third-order valence-electron chi connectivity index (χ3n) is 2.94. The van der Waals surface area contributed by atoms with Crippen LogP contribution in [0.3, 0.4) is 0 Å². The number of thioether (sulfide) groups is 1. The zero-order chi connectivity index (χ0) is 17.5. The second kappa shape index (κ2) is 7.99. The number of nitrogens with zero attached hydrogens (tertiary/aromatic N) is 2. The van der Waals surface area contributed by atoms with Gasteiger partial charge in [-0.25, -0.2) is 0 Å². The standard InChI is InChI=1S/C16H13N3O4S/c1-24-10-16(20)18-12-2-5-14(6-3-12)23-15-7-4-13(19(21)22)8-11(15)9-17/h2-8H,10H2,1H3,(H,18,20). The number of hydrogen-bond acceptors (Lipinski definition) is 6. The molecule has 0 aromatic heterocycles. The summed E-state index contributed by atoms with van der Waals surface area (Å²) >= 11 is 1.43. The Morgan fingerprint density at radius 2 is 2.04 bits per heavy atom. The van der Waals surface area contributed by atoms with E-state index in [2.05, 4.69) is 5.32 Å². The van der Waals surface area contributed by atoms with Gasteiger partial charge in [0.15, 0.2) is 0 Å². The number of nitro benzene ring substituents is 1. The summed E-state index contributed by atoms with van der Waals surface area (Å²) < 4.78 is 5.58. The van der Waals surface area contributed by atoms with E-state index in [0.29, 0.717) is 17.2 Å². The Hall–Kier alpha value is -3.05. The molecule has 0 bridgehead atoms. The number of anilines is 1. The van der Waals surface area contributed by atoms with Crippen molar-refractivity contribution in [3.05, 3.63) is 58.1 Å². The minimum atomic E-state index is -0.573. The molecule has 0 saturated heterocycles. The van der Waals surface area contributed by atoms with E-state index < -0.39 is 4.92 Å². The van der Waals surface area contributed by atoms with Crippen LogP contribution in [0, 0.1) is 21.4 Å². The minimum Gasteiger partial charge on any atom is -0.456 e. The van der Waals surface area contributed by atoms with Crippen LogP contribution in [0.25, 0.3) is 0 Å². The highest BCUT2D eigenvalue weighted by molar-refractivity contribution is 7.99. The van der Waals surface area contributed by atoms with Gasteiger partial charge in [-0.05, 0) is 36.6 Å². The molecule has 0 aliphatic heterocycles. The van der Waals surface area contributed by atoms with Gasteiger partial charge in [-0.15, -0.1) is 0 Å². The molecule has 0 radical (unpaired) electrons. The quantitative estimate of drug-likeness (QED) is 0.635. The zero-order valence-electron chi connectivity index (χ0n) is 12.7. The maximum absolute atomic E-state index is 11.5. The molecule has 8 heteroatoms. The van der Waals surface area contributed by atoms with Crippen molar-refractivity contribution in [1.29, 1.82) is 5.26 Å². The van der Waals surface area contributed by atoms with Gasteiger partial charge in [0.1, 0.15) is 23.1 Å². The molecule has 0 saturated carbocycles. The second-order valence-corrected chi connectivity index (χ2v) is 5.52. The summed E-state index contributed by atoms with van der Waals surface area (Å²) in [5, 5.41) is 22.6. The van der Waals surface area contributed by atoms with Crippen molar-refractivity contribution in [3.63, 3.8) is 0 Å². The molecular weight excluding hydrogens is 330 g/mol. The number of rotatable bonds is 6. The Kier molecular flexibility index (Phi) is 5.76. The first-order valence-electron chi connectivity index (χ1n) is 6.78. The lowest BCUT2D eigenvalue weighted by Crippen LogP contribution is -2.13. The Morgan fingerprint density at radius 3 is 2.62 bits per heavy atom. The zero-order valence-corrected chi connectivity index (χ0v) is 13.5. The second-order valence-electron chi connectivity index (χ2n) is 4.66. The van der Waals surface area contributed by atoms with Gasteiger partial charge in [0.2, 0.25) is 5.91 Å². The SMILES string of the molecule is CSCC(=O)Nc1ccc(Oc2ccc([N+](=O)[O-])cc2C#N)cc1. The number of amides is 1. The predicted octanol–water partition coefficient (Wildman–Crippen LogP) is 3.56. The molecule has 7 nitrogen and oxygen atoms in total. The first-order chi connectivity index (χ1) is 11.5. The number of nitrogens with one attached hydrogen (secondary N) is 1. The molecule has 122 valence electrons. The van der Waals surface area contributed by atoms with E-state index in [1.807, 2.05) is 12.3 Å². The molecule has 2 rings (SSSR count). The van der Waals surface area contributed by atoms with Gasteiger partial charge >= 0.3 is 0 Å². The molecule has 2 aromatic carbocycles. The lowest BCUT2D eigenvalue weighted by atomic mass is 10.2. The van der Waals surface area contributed by atoms with E-state index in [1.165, 1.54) is 23.9 Å². The fourth-order valence-electron chi connectivity index (χ4n) is 1.87. The van der Waals surface area contributed by atoms with Gasteiger partial charge in [-0.3, -0.25) is 14.9 Å². The molecule has 0 aliphatic carbocycles. The molecule has 2 aromatic rings. The Labute approximate surface area is 142 Å². The first-order valence-corrected chi connectivity index (χ1v) is 8.18. The van der Waals surface area contributed by atoms with E-state index >= 15 is 0 Å². The lowest BCUT2D eigenvalue weighted by Gasteiger charge is -2.09. The number of nitriles is 1. The van der Waals surface area contributed by atoms with Crippen LogP contribution in [0.15, 0.2) is 42.5 Å². The van der Waals surface area contributed by atoms with Crippen LogP contribution in [0.4, 0.5) is 11.4 Å². The Balaban J connectivity index is 2.13. The van der Waals surface area contributed by atoms with Gasteiger partial charge in [-0.2, -0.15) is 17.0 Å². The highest BCUT2D eigenvalue weighted by Crippen LogP contribution is 2.28. The average Bonchev–Trinajstić information content (AvgIpc) is 2.57. The molecule has 24 heavy (non-hydrogen) atoms. The van der Waals surface area contributed by atoms with Crippen molar-refractivity contribution in [1.82, 2.24) is 0 Å². The highest BCUT2D eigenvalue weighted by atomic mass is 32.2. The minimum absolute atomic E-state index is 0.0709. The molecule has 0 heterocycles. The topological polar surface area (TPSA) is 105 Å². The highest BCUT2D eigenvalue weighted by Gasteiger charge is 2.12. The van der Waals surface area contributed by atoms with E-state index in [4.69, 9.17) is 10.00 Å². The summed E-state index contributed by atoms with van der Waals surface area (Å²) in [5.41, 5.74) is 0.526. The van der Waals surface area contributed by atoms with Crippen molar-refractivity contribution in [2.45, 2.75) is 0 Å². The van der Waals surface area contributed by atoms with E-state index in [-0.39, 0.29) is 22.9 Å². The number of carbonyl (C=O) groups excluding carboxylic acids is 1. The number of ether oxygens (including phenoxy) is 1. The van der Waals surface area contributed by atoms with Crippen molar-refractivity contribution < 1.29 is 14.5 Å². The fourth-order valence-corrected chi connectivity index (χ4v) is 2.20. The normalized spacial score (nSPS) is 9.83. The van der Waals surface area contributed by atoms with Gasteiger partial charge in [0, 0.05) is 17.8 Å². The average molecular weight is 343 g/mol.